The maximum absolute atomic E-state index is 12.6. The molecule has 2 heteroatoms. The van der Waals surface area contributed by atoms with Gasteiger partial charge in [0.2, 0.25) is 0 Å². The highest BCUT2D eigenvalue weighted by molar-refractivity contribution is 7.71. The predicted molar refractivity (Wildman–Crippen MR) is 66.7 cm³/mol. The third-order valence-electron chi connectivity index (χ3n) is 3.75. The Morgan fingerprint density at radius 1 is 1.40 bits per heavy atom. The van der Waals surface area contributed by atoms with Crippen molar-refractivity contribution in [3.8, 4) is 0 Å². The van der Waals surface area contributed by atoms with E-state index in [0.29, 0.717) is 11.8 Å². The average Bonchev–Trinajstić information content (AvgIpc) is 2.24. The lowest BCUT2D eigenvalue weighted by molar-refractivity contribution is 0.463. The zero-order chi connectivity index (χ0) is 11.1. The SMILES string of the molecule is CCC1CP(C)(=O)c2ccccc2C1C. The summed E-state index contributed by atoms with van der Waals surface area (Å²) in [6.07, 6.45) is 2.02. The van der Waals surface area contributed by atoms with E-state index in [-0.39, 0.29) is 0 Å². The Morgan fingerprint density at radius 2 is 2.07 bits per heavy atom. The Bertz CT molecular complexity index is 411. The Kier molecular flexibility index (Phi) is 2.77. The van der Waals surface area contributed by atoms with Gasteiger partial charge in [-0.2, -0.15) is 0 Å². The summed E-state index contributed by atoms with van der Waals surface area (Å²) in [5.74, 6) is 1.16. The molecule has 1 heterocycles. The van der Waals surface area contributed by atoms with E-state index in [1.807, 2.05) is 12.7 Å². The molecule has 0 bridgehead atoms. The second kappa shape index (κ2) is 3.79. The van der Waals surface area contributed by atoms with Gasteiger partial charge in [-0.25, -0.2) is 0 Å². The predicted octanol–water partition coefficient (Wildman–Crippen LogP) is 3.45. The summed E-state index contributed by atoms with van der Waals surface area (Å²) in [6.45, 7) is 6.42. The van der Waals surface area contributed by atoms with Crippen molar-refractivity contribution in [2.45, 2.75) is 26.2 Å². The fourth-order valence-electron chi connectivity index (χ4n) is 2.74. The van der Waals surface area contributed by atoms with Gasteiger partial charge in [0.05, 0.1) is 0 Å². The monoisotopic (exact) mass is 222 g/mol. The highest BCUT2D eigenvalue weighted by Crippen LogP contribution is 2.51. The van der Waals surface area contributed by atoms with Crippen molar-refractivity contribution in [2.75, 3.05) is 12.8 Å². The fraction of sp³-hybridized carbons (Fsp3) is 0.538. The highest BCUT2D eigenvalue weighted by atomic mass is 31.2. The van der Waals surface area contributed by atoms with Gasteiger partial charge in [-0.05, 0) is 24.1 Å². The maximum atomic E-state index is 12.6. The molecule has 1 nitrogen and oxygen atoms in total. The molecule has 1 aliphatic rings. The summed E-state index contributed by atoms with van der Waals surface area (Å²) in [4.78, 5) is 0. The van der Waals surface area contributed by atoms with E-state index in [1.54, 1.807) is 0 Å². The Hall–Kier alpha value is -0.550. The van der Waals surface area contributed by atoms with Gasteiger partial charge < -0.3 is 4.57 Å². The maximum Gasteiger partial charge on any atom is 0.113 e. The Labute approximate surface area is 92.3 Å². The smallest absolute Gasteiger partial charge is 0.113 e. The van der Waals surface area contributed by atoms with Crippen LogP contribution in [0, 0.1) is 5.92 Å². The van der Waals surface area contributed by atoms with Gasteiger partial charge in [-0.1, -0.05) is 44.5 Å². The van der Waals surface area contributed by atoms with E-state index in [4.69, 9.17) is 0 Å². The Morgan fingerprint density at radius 3 is 2.73 bits per heavy atom. The van der Waals surface area contributed by atoms with Crippen molar-refractivity contribution in [3.05, 3.63) is 29.8 Å². The van der Waals surface area contributed by atoms with Crippen LogP contribution in [0.1, 0.15) is 31.7 Å². The quantitative estimate of drug-likeness (QED) is 0.665. The number of hydrogen-bond donors (Lipinski definition) is 0. The topological polar surface area (TPSA) is 17.1 Å². The van der Waals surface area contributed by atoms with Crippen LogP contribution in [0.5, 0.6) is 0 Å². The zero-order valence-corrected chi connectivity index (χ0v) is 10.6. The third-order valence-corrected chi connectivity index (χ3v) is 6.34. The molecule has 3 atom stereocenters. The van der Waals surface area contributed by atoms with Gasteiger partial charge in [-0.3, -0.25) is 0 Å². The third kappa shape index (κ3) is 1.78. The van der Waals surface area contributed by atoms with Crippen molar-refractivity contribution in [3.63, 3.8) is 0 Å². The standard InChI is InChI=1S/C13H19OP/c1-4-11-9-15(3,14)13-8-6-5-7-12(13)10(11)2/h5-8,10-11H,4,9H2,1-3H3. The van der Waals surface area contributed by atoms with Crippen LogP contribution in [0.4, 0.5) is 0 Å². The molecule has 0 fully saturated rings. The van der Waals surface area contributed by atoms with Crippen molar-refractivity contribution in [2.24, 2.45) is 5.92 Å². The minimum atomic E-state index is -2.09. The van der Waals surface area contributed by atoms with Crippen LogP contribution < -0.4 is 5.30 Å². The fourth-order valence-corrected chi connectivity index (χ4v) is 5.64. The summed E-state index contributed by atoms with van der Waals surface area (Å²) in [5, 5.41) is 1.13. The van der Waals surface area contributed by atoms with Crippen molar-refractivity contribution < 1.29 is 4.57 Å². The van der Waals surface area contributed by atoms with Crippen molar-refractivity contribution in [1.29, 1.82) is 0 Å². The second-order valence-electron chi connectivity index (χ2n) is 4.80. The molecule has 82 valence electrons. The lowest BCUT2D eigenvalue weighted by Crippen LogP contribution is -2.28. The molecule has 0 saturated carbocycles. The van der Waals surface area contributed by atoms with Gasteiger partial charge in [0, 0.05) is 11.5 Å². The molecule has 0 spiro atoms. The normalized spacial score (nSPS) is 34.9. The van der Waals surface area contributed by atoms with E-state index in [2.05, 4.69) is 32.0 Å². The molecule has 0 amide bonds. The van der Waals surface area contributed by atoms with Crippen LogP contribution in [0.2, 0.25) is 0 Å². The first kappa shape index (κ1) is 11.0. The minimum Gasteiger partial charge on any atom is -0.319 e. The van der Waals surface area contributed by atoms with Crippen LogP contribution in [-0.4, -0.2) is 12.8 Å². The van der Waals surface area contributed by atoms with Crippen molar-refractivity contribution in [1.82, 2.24) is 0 Å². The van der Waals surface area contributed by atoms with E-state index < -0.39 is 7.14 Å². The van der Waals surface area contributed by atoms with Crippen LogP contribution in [0.25, 0.3) is 0 Å². The molecular formula is C13H19OP. The lowest BCUT2D eigenvalue weighted by Gasteiger charge is -2.34. The van der Waals surface area contributed by atoms with Crippen LogP contribution in [0.3, 0.4) is 0 Å². The Balaban J connectivity index is 2.55. The van der Waals surface area contributed by atoms with Gasteiger partial charge in [0.1, 0.15) is 7.14 Å². The molecule has 0 saturated heterocycles. The van der Waals surface area contributed by atoms with E-state index in [1.165, 1.54) is 5.56 Å². The van der Waals surface area contributed by atoms with Crippen LogP contribution in [0.15, 0.2) is 24.3 Å². The molecule has 0 aliphatic carbocycles. The first-order chi connectivity index (χ1) is 7.06. The van der Waals surface area contributed by atoms with E-state index in [0.717, 1.165) is 17.9 Å². The van der Waals surface area contributed by atoms with Gasteiger partial charge in [0.25, 0.3) is 0 Å². The first-order valence-electron chi connectivity index (χ1n) is 5.72. The molecule has 1 aromatic rings. The summed E-state index contributed by atoms with van der Waals surface area (Å²) in [6, 6.07) is 8.28. The average molecular weight is 222 g/mol. The van der Waals surface area contributed by atoms with E-state index in [9.17, 15) is 4.57 Å². The number of rotatable bonds is 1. The molecule has 1 aliphatic heterocycles. The molecule has 0 N–H and O–H groups in total. The van der Waals surface area contributed by atoms with Crippen LogP contribution in [-0.2, 0) is 4.57 Å². The van der Waals surface area contributed by atoms with Gasteiger partial charge in [-0.15, -0.1) is 0 Å². The highest BCUT2D eigenvalue weighted by Gasteiger charge is 2.35. The molecule has 2 rings (SSSR count). The lowest BCUT2D eigenvalue weighted by atomic mass is 9.86. The summed E-state index contributed by atoms with van der Waals surface area (Å²) >= 11 is 0. The molecule has 1 aromatic carbocycles. The second-order valence-corrected chi connectivity index (χ2v) is 7.85. The number of benzene rings is 1. The van der Waals surface area contributed by atoms with Gasteiger partial charge >= 0.3 is 0 Å². The molecule has 3 unspecified atom stereocenters. The zero-order valence-electron chi connectivity index (χ0n) is 9.73. The summed E-state index contributed by atoms with van der Waals surface area (Å²) < 4.78 is 12.6. The summed E-state index contributed by atoms with van der Waals surface area (Å²) in [5.41, 5.74) is 1.32. The molecule has 0 radical (unpaired) electrons. The molecule has 0 aromatic heterocycles. The van der Waals surface area contributed by atoms with E-state index >= 15 is 0 Å². The first-order valence-corrected chi connectivity index (χ1v) is 8.06. The van der Waals surface area contributed by atoms with Crippen molar-refractivity contribution >= 4 is 12.4 Å². The minimum absolute atomic E-state index is 0.563. The number of hydrogen-bond acceptors (Lipinski definition) is 1. The van der Waals surface area contributed by atoms with Gasteiger partial charge in [0.15, 0.2) is 0 Å². The molecule has 15 heavy (non-hydrogen) atoms. The molecular weight excluding hydrogens is 203 g/mol. The number of fused-ring (bicyclic) bond motifs is 1. The largest absolute Gasteiger partial charge is 0.319 e. The summed E-state index contributed by atoms with van der Waals surface area (Å²) in [7, 11) is -2.09. The van der Waals surface area contributed by atoms with Crippen LogP contribution >= 0.6 is 7.14 Å².